The van der Waals surface area contributed by atoms with Gasteiger partial charge in [0.2, 0.25) is 0 Å². The molecule has 1 aromatic rings. The van der Waals surface area contributed by atoms with Crippen molar-refractivity contribution in [2.75, 3.05) is 25.2 Å². The summed E-state index contributed by atoms with van der Waals surface area (Å²) in [6, 6.07) is 7.01. The molecule has 88 valence electrons. The van der Waals surface area contributed by atoms with Crippen LogP contribution in [0.15, 0.2) is 24.3 Å². The van der Waals surface area contributed by atoms with E-state index in [1.807, 2.05) is 0 Å². The fourth-order valence-electron chi connectivity index (χ4n) is 1.19. The predicted octanol–water partition coefficient (Wildman–Crippen LogP) is 3.29. The predicted molar refractivity (Wildman–Crippen MR) is 69.6 cm³/mol. The maximum Gasteiger partial charge on any atom is 0.172 e. The molecule has 0 aromatic heterocycles. The lowest BCUT2D eigenvalue weighted by molar-refractivity contribution is 0.102. The van der Waals surface area contributed by atoms with Crippen LogP contribution in [0.2, 0.25) is 5.02 Å². The van der Waals surface area contributed by atoms with E-state index in [1.54, 1.807) is 43.1 Å². The molecular weight excluding hydrogens is 244 g/mol. The lowest BCUT2D eigenvalue weighted by atomic mass is 10.1. The average Bonchev–Trinajstić information content (AvgIpc) is 2.29. The SMILES string of the molecule is COCCCSCC(=O)c1ccc(Cl)cc1. The second kappa shape index (κ2) is 7.71. The van der Waals surface area contributed by atoms with Crippen molar-refractivity contribution in [2.45, 2.75) is 6.42 Å². The number of thioether (sulfide) groups is 1. The van der Waals surface area contributed by atoms with Crippen molar-refractivity contribution in [1.29, 1.82) is 0 Å². The molecule has 0 aliphatic carbocycles. The summed E-state index contributed by atoms with van der Waals surface area (Å²) in [5, 5.41) is 0.657. The molecule has 0 bridgehead atoms. The van der Waals surface area contributed by atoms with Crippen LogP contribution in [0, 0.1) is 0 Å². The Labute approximate surface area is 105 Å². The Morgan fingerprint density at radius 3 is 2.69 bits per heavy atom. The zero-order valence-corrected chi connectivity index (χ0v) is 10.8. The molecule has 0 atom stereocenters. The van der Waals surface area contributed by atoms with E-state index >= 15 is 0 Å². The molecule has 0 saturated heterocycles. The molecule has 0 radical (unpaired) electrons. The minimum atomic E-state index is 0.152. The zero-order valence-electron chi connectivity index (χ0n) is 9.24. The van der Waals surface area contributed by atoms with Crippen molar-refractivity contribution in [2.24, 2.45) is 0 Å². The summed E-state index contributed by atoms with van der Waals surface area (Å²) in [5.74, 6) is 1.62. The molecule has 0 spiro atoms. The van der Waals surface area contributed by atoms with Crippen LogP contribution >= 0.6 is 23.4 Å². The molecule has 2 nitrogen and oxygen atoms in total. The maximum atomic E-state index is 11.7. The van der Waals surface area contributed by atoms with Gasteiger partial charge >= 0.3 is 0 Å². The van der Waals surface area contributed by atoms with Crippen molar-refractivity contribution < 1.29 is 9.53 Å². The normalized spacial score (nSPS) is 10.4. The van der Waals surface area contributed by atoms with E-state index in [2.05, 4.69) is 0 Å². The first-order valence-electron chi connectivity index (χ1n) is 5.09. The van der Waals surface area contributed by atoms with Crippen LogP contribution in [0.4, 0.5) is 0 Å². The lowest BCUT2D eigenvalue weighted by Crippen LogP contribution is -2.03. The van der Waals surface area contributed by atoms with E-state index in [0.29, 0.717) is 10.8 Å². The molecule has 0 saturated carbocycles. The third-order valence-corrected chi connectivity index (χ3v) is 3.33. The van der Waals surface area contributed by atoms with Gasteiger partial charge in [0.1, 0.15) is 0 Å². The van der Waals surface area contributed by atoms with Crippen molar-refractivity contribution in [3.8, 4) is 0 Å². The van der Waals surface area contributed by atoms with Gasteiger partial charge in [-0.1, -0.05) is 11.6 Å². The summed E-state index contributed by atoms with van der Waals surface area (Å²) in [7, 11) is 1.68. The second-order valence-corrected chi connectivity index (χ2v) is 4.87. The van der Waals surface area contributed by atoms with Crippen molar-refractivity contribution >= 4 is 29.1 Å². The van der Waals surface area contributed by atoms with Gasteiger partial charge in [0.25, 0.3) is 0 Å². The molecule has 1 aromatic carbocycles. The van der Waals surface area contributed by atoms with Gasteiger partial charge in [0, 0.05) is 24.3 Å². The molecule has 1 rings (SSSR count). The van der Waals surface area contributed by atoms with Crippen molar-refractivity contribution in [1.82, 2.24) is 0 Å². The average molecular weight is 259 g/mol. The van der Waals surface area contributed by atoms with E-state index in [-0.39, 0.29) is 5.78 Å². The van der Waals surface area contributed by atoms with Crippen molar-refractivity contribution in [3.63, 3.8) is 0 Å². The van der Waals surface area contributed by atoms with Crippen LogP contribution < -0.4 is 0 Å². The number of hydrogen-bond donors (Lipinski definition) is 0. The minimum absolute atomic E-state index is 0.152. The Bertz CT molecular complexity index is 324. The quantitative estimate of drug-likeness (QED) is 0.555. The van der Waals surface area contributed by atoms with Crippen LogP contribution in [-0.2, 0) is 4.74 Å². The van der Waals surface area contributed by atoms with E-state index in [4.69, 9.17) is 16.3 Å². The van der Waals surface area contributed by atoms with E-state index < -0.39 is 0 Å². The van der Waals surface area contributed by atoms with Gasteiger partial charge in [-0.3, -0.25) is 4.79 Å². The number of halogens is 1. The topological polar surface area (TPSA) is 26.3 Å². The zero-order chi connectivity index (χ0) is 11.8. The highest BCUT2D eigenvalue weighted by atomic mass is 35.5. The Kier molecular flexibility index (Phi) is 6.53. The van der Waals surface area contributed by atoms with Crippen molar-refractivity contribution in [3.05, 3.63) is 34.9 Å². The van der Waals surface area contributed by atoms with Crippen LogP contribution in [-0.4, -0.2) is 31.0 Å². The fraction of sp³-hybridized carbons (Fsp3) is 0.417. The molecule has 0 N–H and O–H groups in total. The highest BCUT2D eigenvalue weighted by molar-refractivity contribution is 7.99. The van der Waals surface area contributed by atoms with E-state index in [0.717, 1.165) is 24.3 Å². The standard InChI is InChI=1S/C12H15ClO2S/c1-15-7-2-8-16-9-12(14)10-3-5-11(13)6-4-10/h3-6H,2,7-9H2,1H3. The molecule has 0 unspecified atom stereocenters. The fourth-order valence-corrected chi connectivity index (χ4v) is 2.13. The maximum absolute atomic E-state index is 11.7. The Hall–Kier alpha value is -0.510. The first-order chi connectivity index (χ1) is 7.74. The largest absolute Gasteiger partial charge is 0.385 e. The number of carbonyl (C=O) groups excluding carboxylic acids is 1. The van der Waals surface area contributed by atoms with Crippen LogP contribution in [0.1, 0.15) is 16.8 Å². The summed E-state index contributed by atoms with van der Waals surface area (Å²) in [6.07, 6.45) is 0.981. The molecule has 0 aliphatic heterocycles. The third kappa shape index (κ3) is 5.01. The lowest BCUT2D eigenvalue weighted by Gasteiger charge is -2.01. The molecular formula is C12H15ClO2S. The van der Waals surface area contributed by atoms with Gasteiger partial charge in [-0.25, -0.2) is 0 Å². The number of ether oxygens (including phenoxy) is 1. The summed E-state index contributed by atoms with van der Waals surface area (Å²) < 4.78 is 4.93. The number of carbonyl (C=O) groups is 1. The van der Waals surface area contributed by atoms with Gasteiger partial charge < -0.3 is 4.74 Å². The van der Waals surface area contributed by atoms with E-state index in [1.165, 1.54) is 0 Å². The van der Waals surface area contributed by atoms with Gasteiger partial charge in [-0.2, -0.15) is 11.8 Å². The summed E-state index contributed by atoms with van der Waals surface area (Å²) >= 11 is 7.39. The number of hydrogen-bond acceptors (Lipinski definition) is 3. The first-order valence-corrected chi connectivity index (χ1v) is 6.62. The van der Waals surface area contributed by atoms with Gasteiger partial charge in [0.05, 0.1) is 5.75 Å². The highest BCUT2D eigenvalue weighted by Gasteiger charge is 2.05. The van der Waals surface area contributed by atoms with Crippen LogP contribution in [0.3, 0.4) is 0 Å². The number of methoxy groups -OCH3 is 1. The molecule has 0 fully saturated rings. The molecule has 0 amide bonds. The monoisotopic (exact) mass is 258 g/mol. The smallest absolute Gasteiger partial charge is 0.172 e. The number of ketones is 1. The van der Waals surface area contributed by atoms with Gasteiger partial charge in [0.15, 0.2) is 5.78 Å². The number of rotatable bonds is 7. The Balaban J connectivity index is 2.27. The number of benzene rings is 1. The Morgan fingerprint density at radius 1 is 1.38 bits per heavy atom. The summed E-state index contributed by atoms with van der Waals surface area (Å²) in [4.78, 5) is 11.7. The van der Waals surface area contributed by atoms with Gasteiger partial charge in [-0.05, 0) is 36.4 Å². The minimum Gasteiger partial charge on any atom is -0.385 e. The molecule has 4 heteroatoms. The molecule has 16 heavy (non-hydrogen) atoms. The van der Waals surface area contributed by atoms with Gasteiger partial charge in [-0.15, -0.1) is 0 Å². The molecule has 0 aliphatic rings. The van der Waals surface area contributed by atoms with Crippen LogP contribution in [0.5, 0.6) is 0 Å². The Morgan fingerprint density at radius 2 is 2.06 bits per heavy atom. The summed E-state index contributed by atoms with van der Waals surface area (Å²) in [5.41, 5.74) is 0.726. The highest BCUT2D eigenvalue weighted by Crippen LogP contribution is 2.12. The summed E-state index contributed by atoms with van der Waals surface area (Å²) in [6.45, 7) is 0.752. The first kappa shape index (κ1) is 13.6. The molecule has 0 heterocycles. The van der Waals surface area contributed by atoms with Crippen LogP contribution in [0.25, 0.3) is 0 Å². The number of Topliss-reactive ketones (excluding diaryl/α,β-unsaturated/α-hetero) is 1. The third-order valence-electron chi connectivity index (χ3n) is 2.04. The van der Waals surface area contributed by atoms with E-state index in [9.17, 15) is 4.79 Å². The second-order valence-electron chi connectivity index (χ2n) is 3.33.